The molecular formula is C45H65F4N3O2S. The van der Waals surface area contributed by atoms with Crippen molar-refractivity contribution in [2.75, 3.05) is 5.32 Å². The molecule has 1 atom stereocenters. The molecule has 0 heterocycles. The molecule has 4 N–H and O–H groups in total. The first-order chi connectivity index (χ1) is 25.4. The first-order valence-corrected chi connectivity index (χ1v) is 19.0. The van der Waals surface area contributed by atoms with Gasteiger partial charge < -0.3 is 21.1 Å². The number of alkyl halides is 3. The van der Waals surface area contributed by atoms with Crippen LogP contribution >= 0.6 is 12.6 Å². The molecule has 0 bridgehead atoms. The average molecular weight is 788 g/mol. The van der Waals surface area contributed by atoms with Crippen LogP contribution in [0.5, 0.6) is 0 Å². The van der Waals surface area contributed by atoms with Crippen LogP contribution in [0.3, 0.4) is 0 Å². The second-order valence-electron chi connectivity index (χ2n) is 15.0. The lowest BCUT2D eigenvalue weighted by Crippen LogP contribution is -2.38. The number of aryl methyl sites for hydroxylation is 1. The zero-order valence-electron chi connectivity index (χ0n) is 34.6. The Labute approximate surface area is 334 Å². The van der Waals surface area contributed by atoms with Gasteiger partial charge in [0.1, 0.15) is 11.4 Å². The van der Waals surface area contributed by atoms with Crippen LogP contribution in [0.25, 0.3) is 0 Å². The van der Waals surface area contributed by atoms with E-state index in [0.29, 0.717) is 11.3 Å². The fourth-order valence-electron chi connectivity index (χ4n) is 4.71. The Morgan fingerprint density at radius 1 is 1.04 bits per heavy atom. The SMILES string of the molecule is C=C/C(=C/C(=C)C(F)(F)F)Nc1cccc(CNC(=O)OC(C)(C)C)c1.C=C/C=C(\C=C/C)C(N)(CCC1CC1)c1ccc(F)c(C)c1.CC.CC(C)(C)S. The Bertz CT molecular complexity index is 1620. The number of hydrogen-bond donors (Lipinski definition) is 4. The van der Waals surface area contributed by atoms with Crippen LogP contribution in [0.2, 0.25) is 0 Å². The minimum Gasteiger partial charge on any atom is -0.444 e. The highest BCUT2D eigenvalue weighted by molar-refractivity contribution is 7.81. The monoisotopic (exact) mass is 787 g/mol. The number of halogens is 4. The van der Waals surface area contributed by atoms with Crippen LogP contribution < -0.4 is 16.4 Å². The molecule has 1 amide bonds. The van der Waals surface area contributed by atoms with E-state index in [1.807, 2.05) is 51.1 Å². The van der Waals surface area contributed by atoms with E-state index in [9.17, 15) is 22.4 Å². The number of carbonyl (C=O) groups excluding carboxylic acids is 1. The van der Waals surface area contributed by atoms with Crippen molar-refractivity contribution in [1.82, 2.24) is 5.32 Å². The second-order valence-corrected chi connectivity index (χ2v) is 16.3. The standard InChI is InChI=1S/C20H26FN.C19H23F3N2O2.C4H10S.C2H6/c1-4-6-17(7-5-2)20(22,13-12-16-8-9-16)18-10-11-19(21)15(3)14-18;1-6-15(10-13(2)19(20,21)22)24-16-9-7-8-14(11-16)12-23-17(25)26-18(3,4)5;1-4(2,3)5;1-2/h4-7,10-11,14,16H,1,8-9,12-13,22H2,2-3H3;6-11,24H,1-2,12H2,3-5H3,(H,23,25);5H,1-3H3;1-2H3/b7-5-,17-6+;15-10-;;. The molecule has 55 heavy (non-hydrogen) atoms. The maximum atomic E-state index is 13.6. The van der Waals surface area contributed by atoms with Crippen LogP contribution in [0, 0.1) is 18.7 Å². The van der Waals surface area contributed by atoms with Crippen LogP contribution in [0.15, 0.2) is 116 Å². The molecule has 5 nitrogen and oxygen atoms in total. The summed E-state index contributed by atoms with van der Waals surface area (Å²) in [5, 5.41) is 5.45. The quantitative estimate of drug-likeness (QED) is 0.0926. The lowest BCUT2D eigenvalue weighted by Gasteiger charge is -2.32. The van der Waals surface area contributed by atoms with Gasteiger partial charge in [0.25, 0.3) is 0 Å². The molecule has 1 aliphatic carbocycles. The summed E-state index contributed by atoms with van der Waals surface area (Å²) in [6.45, 7) is 29.7. The van der Waals surface area contributed by atoms with Crippen molar-refractivity contribution in [3.05, 3.63) is 138 Å². The summed E-state index contributed by atoms with van der Waals surface area (Å²) >= 11 is 4.12. The van der Waals surface area contributed by atoms with E-state index < -0.39 is 29.0 Å². The molecule has 3 rings (SSSR count). The number of thiol groups is 1. The number of carbonyl (C=O) groups is 1. The topological polar surface area (TPSA) is 76.4 Å². The smallest absolute Gasteiger partial charge is 0.415 e. The highest BCUT2D eigenvalue weighted by Gasteiger charge is 2.34. The highest BCUT2D eigenvalue weighted by Crippen LogP contribution is 2.40. The van der Waals surface area contributed by atoms with E-state index in [0.717, 1.165) is 41.5 Å². The van der Waals surface area contributed by atoms with Gasteiger partial charge in [0.2, 0.25) is 0 Å². The minimum atomic E-state index is -4.50. The van der Waals surface area contributed by atoms with Crippen molar-refractivity contribution in [3.8, 4) is 0 Å². The van der Waals surface area contributed by atoms with E-state index in [1.165, 1.54) is 25.0 Å². The third-order valence-electron chi connectivity index (χ3n) is 7.44. The summed E-state index contributed by atoms with van der Waals surface area (Å²) in [6, 6.07) is 12.1. The minimum absolute atomic E-state index is 0.157. The summed E-state index contributed by atoms with van der Waals surface area (Å²) in [7, 11) is 0. The van der Waals surface area contributed by atoms with Crippen LogP contribution in [-0.2, 0) is 16.8 Å². The van der Waals surface area contributed by atoms with Gasteiger partial charge >= 0.3 is 12.3 Å². The van der Waals surface area contributed by atoms with Gasteiger partial charge in [-0.2, -0.15) is 25.8 Å². The second kappa shape index (κ2) is 23.8. The van der Waals surface area contributed by atoms with Crippen LogP contribution in [0.1, 0.15) is 105 Å². The first-order valence-electron chi connectivity index (χ1n) is 18.6. The Morgan fingerprint density at radius 2 is 1.64 bits per heavy atom. The number of rotatable bonds is 13. The number of alkyl carbamates (subject to hydrolysis) is 1. The predicted molar refractivity (Wildman–Crippen MR) is 229 cm³/mol. The van der Waals surface area contributed by atoms with Crippen molar-refractivity contribution in [1.29, 1.82) is 0 Å². The molecule has 0 aromatic heterocycles. The third-order valence-corrected chi connectivity index (χ3v) is 7.44. The number of anilines is 1. The molecule has 2 aromatic rings. The fourth-order valence-corrected chi connectivity index (χ4v) is 4.71. The van der Waals surface area contributed by atoms with E-state index in [2.05, 4.69) is 63.8 Å². The van der Waals surface area contributed by atoms with Gasteiger partial charge in [-0.25, -0.2) is 9.18 Å². The first kappa shape index (κ1) is 51.0. The number of nitrogens with two attached hydrogens (primary N) is 1. The number of ether oxygens (including phenoxy) is 1. The number of benzene rings is 2. The van der Waals surface area contributed by atoms with Gasteiger partial charge in [0.05, 0.1) is 11.1 Å². The van der Waals surface area contributed by atoms with E-state index in [-0.39, 0.29) is 22.8 Å². The fraction of sp³-hybridized carbons (Fsp3) is 0.444. The van der Waals surface area contributed by atoms with Crippen molar-refractivity contribution in [3.63, 3.8) is 0 Å². The summed E-state index contributed by atoms with van der Waals surface area (Å²) in [5.74, 6) is 0.619. The van der Waals surface area contributed by atoms with Gasteiger partial charge in [-0.3, -0.25) is 0 Å². The molecule has 0 aliphatic heterocycles. The third kappa shape index (κ3) is 22.2. The van der Waals surface area contributed by atoms with E-state index >= 15 is 0 Å². The van der Waals surface area contributed by atoms with Crippen molar-refractivity contribution in [2.24, 2.45) is 11.7 Å². The van der Waals surface area contributed by atoms with Crippen LogP contribution in [0.4, 0.5) is 28.0 Å². The summed E-state index contributed by atoms with van der Waals surface area (Å²) in [4.78, 5) is 11.7. The van der Waals surface area contributed by atoms with Crippen molar-refractivity contribution >= 4 is 24.4 Å². The number of allylic oxidation sites excluding steroid dienone is 6. The molecule has 0 spiro atoms. The summed E-state index contributed by atoms with van der Waals surface area (Å²) in [5.41, 5.74) is 8.75. The molecule has 0 radical (unpaired) electrons. The molecule has 2 aromatic carbocycles. The Kier molecular flexibility index (Phi) is 22.1. The van der Waals surface area contributed by atoms with Crippen molar-refractivity contribution in [2.45, 2.75) is 124 Å². The number of hydrogen-bond acceptors (Lipinski definition) is 5. The molecule has 10 heteroatoms. The molecule has 1 saturated carbocycles. The van der Waals surface area contributed by atoms with E-state index in [1.54, 1.807) is 58.0 Å². The van der Waals surface area contributed by atoms with Gasteiger partial charge in [-0.15, -0.1) is 0 Å². The van der Waals surface area contributed by atoms with Crippen LogP contribution in [-0.4, -0.2) is 22.6 Å². The Hall–Kier alpha value is -4.02. The molecule has 306 valence electrons. The molecular weight excluding hydrogens is 723 g/mol. The molecule has 1 fully saturated rings. The molecule has 0 saturated heterocycles. The summed E-state index contributed by atoms with van der Waals surface area (Å²) < 4.78 is 56.7. The lowest BCUT2D eigenvalue weighted by molar-refractivity contribution is -0.0878. The molecule has 1 unspecified atom stereocenters. The predicted octanol–water partition coefficient (Wildman–Crippen LogP) is 13.2. The number of nitrogens with one attached hydrogen (secondary N) is 2. The maximum absolute atomic E-state index is 13.6. The lowest BCUT2D eigenvalue weighted by atomic mass is 9.78. The van der Waals surface area contributed by atoms with Gasteiger partial charge in [-0.05, 0) is 106 Å². The zero-order chi connectivity index (χ0) is 42.6. The Morgan fingerprint density at radius 3 is 2.11 bits per heavy atom. The normalized spacial score (nSPS) is 14.4. The van der Waals surface area contributed by atoms with Crippen molar-refractivity contribution < 1.29 is 27.1 Å². The van der Waals surface area contributed by atoms with E-state index in [4.69, 9.17) is 10.5 Å². The zero-order valence-corrected chi connectivity index (χ0v) is 35.5. The average Bonchev–Trinajstić information content (AvgIpc) is 3.91. The van der Waals surface area contributed by atoms with Gasteiger partial charge in [0, 0.05) is 22.7 Å². The van der Waals surface area contributed by atoms with Gasteiger partial charge in [0.15, 0.2) is 0 Å². The maximum Gasteiger partial charge on any atom is 0.415 e. The molecule has 1 aliphatic rings. The summed E-state index contributed by atoms with van der Waals surface area (Å²) in [6.07, 6.45) is 9.44. The highest BCUT2D eigenvalue weighted by atomic mass is 32.1. The largest absolute Gasteiger partial charge is 0.444 e. The number of amides is 1. The Balaban J connectivity index is 0.000000914. The van der Waals surface area contributed by atoms with Gasteiger partial charge in [-0.1, -0.05) is 116 Å².